The van der Waals surface area contributed by atoms with Crippen molar-refractivity contribution in [1.29, 1.82) is 0 Å². The first-order valence-electron chi connectivity index (χ1n) is 13.0. The highest BCUT2D eigenvalue weighted by Crippen LogP contribution is 2.28. The Hall–Kier alpha value is -2.98. The number of ether oxygens (including phenoxy) is 2. The lowest BCUT2D eigenvalue weighted by Crippen LogP contribution is -2.28. The summed E-state index contributed by atoms with van der Waals surface area (Å²) < 4.78 is 39.1. The van der Waals surface area contributed by atoms with Gasteiger partial charge >= 0.3 is 5.97 Å². The molecule has 3 aromatic carbocycles. The summed E-state index contributed by atoms with van der Waals surface area (Å²) in [6.07, 6.45) is 3.33. The number of carbonyl (C=O) groups is 1. The second-order valence-corrected chi connectivity index (χ2v) is 10.6. The lowest BCUT2D eigenvalue weighted by molar-refractivity contribution is -0.132. The molecule has 0 atom stereocenters. The summed E-state index contributed by atoms with van der Waals surface area (Å²) in [5.74, 6) is -2.72. The number of benzene rings is 3. The van der Waals surface area contributed by atoms with Crippen LogP contribution in [0.4, 0.5) is 8.78 Å². The van der Waals surface area contributed by atoms with Crippen LogP contribution in [0, 0.1) is 11.6 Å². The van der Waals surface area contributed by atoms with Gasteiger partial charge in [0.1, 0.15) is 19.0 Å². The lowest BCUT2D eigenvalue weighted by atomic mass is 9.94. The maximum absolute atomic E-state index is 13.7. The van der Waals surface area contributed by atoms with Crippen molar-refractivity contribution in [3.05, 3.63) is 98.5 Å². The van der Waals surface area contributed by atoms with Gasteiger partial charge in [-0.1, -0.05) is 57.9 Å². The van der Waals surface area contributed by atoms with E-state index >= 15 is 0 Å². The van der Waals surface area contributed by atoms with Gasteiger partial charge in [0.15, 0.2) is 17.4 Å². The molecule has 1 heterocycles. The largest absolute Gasteiger partial charge is 0.490 e. The molecule has 2 aliphatic rings. The first kappa shape index (κ1) is 30.0. The Bertz CT molecular complexity index is 1350. The van der Waals surface area contributed by atoms with E-state index in [1.807, 2.05) is 6.07 Å². The van der Waals surface area contributed by atoms with E-state index in [9.17, 15) is 18.7 Å². The maximum atomic E-state index is 13.7. The number of carboxylic acids is 1. The topological polar surface area (TPSA) is 79.8 Å². The SMILES string of the molecule is Brc1ccccc1CNC1CC1.O=C(O)C1=C(c2ccc(OCCOc3c(F)ccc(Cl)c3F)cc2)CCNC1. The molecule has 5 rings (SSSR count). The highest BCUT2D eigenvalue weighted by atomic mass is 79.9. The fraction of sp³-hybridized carbons (Fsp3) is 0.300. The Morgan fingerprint density at radius 1 is 1.05 bits per heavy atom. The van der Waals surface area contributed by atoms with Crippen molar-refractivity contribution in [2.24, 2.45) is 0 Å². The van der Waals surface area contributed by atoms with E-state index < -0.39 is 23.4 Å². The molecular weight excluding hydrogens is 606 g/mol. The summed E-state index contributed by atoms with van der Waals surface area (Å²) >= 11 is 9.13. The zero-order chi connectivity index (χ0) is 28.5. The van der Waals surface area contributed by atoms with Gasteiger partial charge in [0.25, 0.3) is 0 Å². The number of halogens is 4. The summed E-state index contributed by atoms with van der Waals surface area (Å²) in [6.45, 7) is 2.04. The van der Waals surface area contributed by atoms with Gasteiger partial charge in [-0.15, -0.1) is 0 Å². The van der Waals surface area contributed by atoms with Crippen LogP contribution in [0.2, 0.25) is 5.02 Å². The molecule has 0 spiro atoms. The van der Waals surface area contributed by atoms with E-state index in [4.69, 9.17) is 21.1 Å². The predicted molar refractivity (Wildman–Crippen MR) is 155 cm³/mol. The second kappa shape index (κ2) is 14.6. The van der Waals surface area contributed by atoms with Crippen LogP contribution in [-0.2, 0) is 11.3 Å². The van der Waals surface area contributed by atoms with Crippen LogP contribution in [0.5, 0.6) is 11.5 Å². The van der Waals surface area contributed by atoms with E-state index in [0.29, 0.717) is 24.3 Å². The van der Waals surface area contributed by atoms with Gasteiger partial charge in [-0.3, -0.25) is 0 Å². The van der Waals surface area contributed by atoms with Gasteiger partial charge in [-0.25, -0.2) is 13.6 Å². The number of aliphatic carboxylic acids is 1. The molecule has 0 saturated heterocycles. The van der Waals surface area contributed by atoms with Crippen molar-refractivity contribution >= 4 is 39.1 Å². The summed E-state index contributed by atoms with van der Waals surface area (Å²) in [5, 5.41) is 15.6. The Labute approximate surface area is 245 Å². The molecule has 1 aliphatic carbocycles. The number of hydrogen-bond acceptors (Lipinski definition) is 5. The summed E-state index contributed by atoms with van der Waals surface area (Å²) in [6, 6.07) is 18.3. The number of rotatable bonds is 10. The van der Waals surface area contributed by atoms with Crippen LogP contribution in [-0.4, -0.2) is 43.4 Å². The summed E-state index contributed by atoms with van der Waals surface area (Å²) in [7, 11) is 0. The molecule has 1 aliphatic heterocycles. The monoisotopic (exact) mass is 634 g/mol. The third kappa shape index (κ3) is 8.51. The van der Waals surface area contributed by atoms with Crippen LogP contribution in [0.3, 0.4) is 0 Å². The molecule has 3 aromatic rings. The average molecular weight is 636 g/mol. The zero-order valence-electron chi connectivity index (χ0n) is 21.7. The molecule has 1 fully saturated rings. The molecule has 212 valence electrons. The molecule has 1 saturated carbocycles. The molecule has 3 N–H and O–H groups in total. The van der Waals surface area contributed by atoms with E-state index in [0.717, 1.165) is 42.4 Å². The van der Waals surface area contributed by atoms with Gasteiger partial charge in [-0.05, 0) is 72.8 Å². The Kier molecular flexibility index (Phi) is 10.9. The second-order valence-electron chi connectivity index (χ2n) is 9.33. The zero-order valence-corrected chi connectivity index (χ0v) is 24.0. The normalized spacial score (nSPS) is 14.8. The van der Waals surface area contributed by atoms with Crippen molar-refractivity contribution in [1.82, 2.24) is 10.6 Å². The van der Waals surface area contributed by atoms with Crippen LogP contribution in [0.25, 0.3) is 5.57 Å². The van der Waals surface area contributed by atoms with Crippen molar-refractivity contribution in [2.45, 2.75) is 31.8 Å². The van der Waals surface area contributed by atoms with Gasteiger partial charge in [-0.2, -0.15) is 0 Å². The highest BCUT2D eigenvalue weighted by Gasteiger charge is 2.20. The minimum atomic E-state index is -0.949. The standard InChI is InChI=1S/C20H18ClF2NO4.C10H12BrN/c21-16-5-6-17(22)19(18(16)23)28-10-9-27-13-3-1-12(2-4-13)14-7-8-24-11-15(14)20(25)26;11-10-4-2-1-3-8(10)7-12-9-5-6-9/h1-6,24H,7-11H2,(H,25,26);1-4,9,12H,5-7H2. The molecule has 0 aromatic heterocycles. The summed E-state index contributed by atoms with van der Waals surface area (Å²) in [4.78, 5) is 11.4. The summed E-state index contributed by atoms with van der Waals surface area (Å²) in [5.41, 5.74) is 3.34. The molecule has 0 unspecified atom stereocenters. The third-order valence-electron chi connectivity index (χ3n) is 6.40. The van der Waals surface area contributed by atoms with Gasteiger partial charge in [0, 0.05) is 23.6 Å². The molecule has 0 bridgehead atoms. The third-order valence-corrected chi connectivity index (χ3v) is 7.46. The lowest BCUT2D eigenvalue weighted by Gasteiger charge is -2.19. The predicted octanol–water partition coefficient (Wildman–Crippen LogP) is 6.61. The Balaban J connectivity index is 0.000000255. The molecule has 6 nitrogen and oxygen atoms in total. The van der Waals surface area contributed by atoms with Gasteiger partial charge in [0.2, 0.25) is 0 Å². The minimum Gasteiger partial charge on any atom is -0.490 e. The molecule has 0 radical (unpaired) electrons. The van der Waals surface area contributed by atoms with Gasteiger partial charge < -0.3 is 25.2 Å². The Morgan fingerprint density at radius 3 is 2.48 bits per heavy atom. The first-order valence-corrected chi connectivity index (χ1v) is 14.1. The molecule has 40 heavy (non-hydrogen) atoms. The van der Waals surface area contributed by atoms with E-state index in [1.54, 1.807) is 24.3 Å². The van der Waals surface area contributed by atoms with Crippen LogP contribution < -0.4 is 20.1 Å². The van der Waals surface area contributed by atoms with E-state index in [-0.39, 0.29) is 18.2 Å². The van der Waals surface area contributed by atoms with Crippen molar-refractivity contribution in [2.75, 3.05) is 26.3 Å². The maximum Gasteiger partial charge on any atom is 0.333 e. The van der Waals surface area contributed by atoms with Gasteiger partial charge in [0.05, 0.1) is 10.6 Å². The van der Waals surface area contributed by atoms with E-state index in [2.05, 4.69) is 44.8 Å². The van der Waals surface area contributed by atoms with E-state index in [1.165, 1.54) is 22.9 Å². The highest BCUT2D eigenvalue weighted by molar-refractivity contribution is 9.10. The minimum absolute atomic E-state index is 0.0672. The quantitative estimate of drug-likeness (QED) is 0.172. The fourth-order valence-electron chi connectivity index (χ4n) is 4.09. The van der Waals surface area contributed by atoms with Crippen LogP contribution >= 0.6 is 27.5 Å². The van der Waals surface area contributed by atoms with Crippen molar-refractivity contribution < 1.29 is 28.2 Å². The molecular formula is C30H30BrClF2N2O4. The average Bonchev–Trinajstić information content (AvgIpc) is 3.80. The fourth-order valence-corrected chi connectivity index (χ4v) is 4.66. The number of nitrogens with one attached hydrogen (secondary N) is 2. The van der Waals surface area contributed by atoms with Crippen molar-refractivity contribution in [3.63, 3.8) is 0 Å². The number of carboxylic acid groups (broad SMARTS) is 1. The molecule has 0 amide bonds. The van der Waals surface area contributed by atoms with Crippen LogP contribution in [0.1, 0.15) is 30.4 Å². The molecule has 10 heteroatoms. The number of hydrogen-bond donors (Lipinski definition) is 3. The van der Waals surface area contributed by atoms with Crippen molar-refractivity contribution in [3.8, 4) is 11.5 Å². The van der Waals surface area contributed by atoms with Crippen LogP contribution in [0.15, 0.2) is 70.7 Å². The smallest absolute Gasteiger partial charge is 0.333 e. The Morgan fingerprint density at radius 2 is 1.77 bits per heavy atom. The first-order chi connectivity index (χ1) is 19.3.